The number of carbonyl (C=O) groups is 1. The van der Waals surface area contributed by atoms with Crippen LogP contribution in [0.1, 0.15) is 21.1 Å². The normalized spacial score (nSPS) is 13.8. The van der Waals surface area contributed by atoms with E-state index in [1.165, 1.54) is 0 Å². The minimum atomic E-state index is 0. The molecule has 1 N–H and O–H groups in total. The fourth-order valence-corrected chi connectivity index (χ4v) is 4.09. The maximum Gasteiger partial charge on any atom is 0.255 e. The molecule has 8 heteroatoms. The van der Waals surface area contributed by atoms with Crippen molar-refractivity contribution < 1.29 is 4.79 Å². The van der Waals surface area contributed by atoms with Gasteiger partial charge < -0.3 is 10.2 Å². The number of piperazine rings is 1. The number of rotatable bonds is 4. The van der Waals surface area contributed by atoms with Crippen LogP contribution in [0.4, 0.5) is 0 Å². The number of benzene rings is 1. The van der Waals surface area contributed by atoms with Crippen LogP contribution in [0, 0.1) is 6.92 Å². The van der Waals surface area contributed by atoms with Crippen LogP contribution in [-0.4, -0.2) is 42.0 Å². The number of amides is 1. The van der Waals surface area contributed by atoms with Gasteiger partial charge in [0.05, 0.1) is 16.3 Å². The van der Waals surface area contributed by atoms with Gasteiger partial charge in [-0.2, -0.15) is 0 Å². The standard InChI is InChI=1S/C16H19N3OS2.2ClH/c1-12-18-13(10-21-12)11-22-15-5-3-2-4-14(15)16(20)19-8-6-17-7-9-19;;/h2-5,10,17H,6-9,11H2,1H3;2*1H. The molecule has 0 atom stereocenters. The average molecular weight is 406 g/mol. The molecule has 4 nitrogen and oxygen atoms in total. The number of aromatic nitrogens is 1. The Hall–Kier alpha value is -0.790. The van der Waals surface area contributed by atoms with Crippen LogP contribution in [0.5, 0.6) is 0 Å². The summed E-state index contributed by atoms with van der Waals surface area (Å²) in [7, 11) is 0. The van der Waals surface area contributed by atoms with Crippen molar-refractivity contribution in [3.63, 3.8) is 0 Å². The summed E-state index contributed by atoms with van der Waals surface area (Å²) >= 11 is 3.35. The Morgan fingerprint density at radius 3 is 2.67 bits per heavy atom. The summed E-state index contributed by atoms with van der Waals surface area (Å²) in [6.07, 6.45) is 0. The monoisotopic (exact) mass is 405 g/mol. The summed E-state index contributed by atoms with van der Waals surface area (Å²) in [6.45, 7) is 5.32. The van der Waals surface area contributed by atoms with Crippen LogP contribution in [0.15, 0.2) is 34.5 Å². The van der Waals surface area contributed by atoms with Gasteiger partial charge in [-0.05, 0) is 19.1 Å². The van der Waals surface area contributed by atoms with Gasteiger partial charge in [-0.15, -0.1) is 47.9 Å². The van der Waals surface area contributed by atoms with Gasteiger partial charge in [0.15, 0.2) is 0 Å². The molecule has 0 spiro atoms. The summed E-state index contributed by atoms with van der Waals surface area (Å²) < 4.78 is 0. The molecule has 132 valence electrons. The summed E-state index contributed by atoms with van der Waals surface area (Å²) in [4.78, 5) is 20.2. The smallest absolute Gasteiger partial charge is 0.255 e. The Kier molecular flexibility index (Phi) is 9.08. The molecule has 1 fully saturated rings. The molecule has 24 heavy (non-hydrogen) atoms. The third-order valence-corrected chi connectivity index (χ3v) is 5.49. The maximum atomic E-state index is 12.7. The zero-order valence-corrected chi connectivity index (χ0v) is 16.6. The highest BCUT2D eigenvalue weighted by Gasteiger charge is 2.20. The highest BCUT2D eigenvalue weighted by atomic mass is 35.5. The molecule has 0 unspecified atom stereocenters. The van der Waals surface area contributed by atoms with Crippen molar-refractivity contribution in [3.05, 3.63) is 45.9 Å². The minimum Gasteiger partial charge on any atom is -0.336 e. The number of thioether (sulfide) groups is 1. The van der Waals surface area contributed by atoms with Crippen molar-refractivity contribution in [2.24, 2.45) is 0 Å². The molecule has 1 aromatic heterocycles. The second-order valence-electron chi connectivity index (χ2n) is 5.18. The number of halogens is 2. The first kappa shape index (κ1) is 21.3. The SMILES string of the molecule is Cc1nc(CSc2ccccc2C(=O)N2CCNCC2)cs1.Cl.Cl. The van der Waals surface area contributed by atoms with E-state index in [1.807, 2.05) is 36.1 Å². The van der Waals surface area contributed by atoms with Gasteiger partial charge in [0.2, 0.25) is 0 Å². The van der Waals surface area contributed by atoms with Crippen molar-refractivity contribution in [1.82, 2.24) is 15.2 Å². The first-order valence-electron chi connectivity index (χ1n) is 7.37. The predicted octanol–water partition coefficient (Wildman–Crippen LogP) is 3.63. The van der Waals surface area contributed by atoms with Crippen LogP contribution in [-0.2, 0) is 5.75 Å². The van der Waals surface area contributed by atoms with E-state index >= 15 is 0 Å². The zero-order chi connectivity index (χ0) is 15.4. The van der Waals surface area contributed by atoms with E-state index in [2.05, 4.69) is 15.7 Å². The lowest BCUT2D eigenvalue weighted by molar-refractivity contribution is 0.0732. The number of hydrogen-bond acceptors (Lipinski definition) is 5. The lowest BCUT2D eigenvalue weighted by Crippen LogP contribution is -2.46. The molecule has 1 saturated heterocycles. The third-order valence-electron chi connectivity index (χ3n) is 3.56. The van der Waals surface area contributed by atoms with Gasteiger partial charge >= 0.3 is 0 Å². The summed E-state index contributed by atoms with van der Waals surface area (Å²) in [5, 5.41) is 6.45. The van der Waals surface area contributed by atoms with Crippen LogP contribution < -0.4 is 5.32 Å². The Bertz CT molecular complexity index is 660. The number of nitrogens with one attached hydrogen (secondary N) is 1. The van der Waals surface area contributed by atoms with Crippen LogP contribution in [0.25, 0.3) is 0 Å². The molecular formula is C16H21Cl2N3OS2. The summed E-state index contributed by atoms with van der Waals surface area (Å²) in [6, 6.07) is 7.88. The molecule has 1 amide bonds. The van der Waals surface area contributed by atoms with Gasteiger partial charge in [0, 0.05) is 42.2 Å². The predicted molar refractivity (Wildman–Crippen MR) is 106 cm³/mol. The lowest BCUT2D eigenvalue weighted by Gasteiger charge is -2.28. The van der Waals surface area contributed by atoms with Gasteiger partial charge in [0.25, 0.3) is 5.91 Å². The van der Waals surface area contributed by atoms with Crippen molar-refractivity contribution in [3.8, 4) is 0 Å². The van der Waals surface area contributed by atoms with E-state index in [4.69, 9.17) is 0 Å². The molecule has 0 bridgehead atoms. The topological polar surface area (TPSA) is 45.2 Å². The highest BCUT2D eigenvalue weighted by molar-refractivity contribution is 7.98. The summed E-state index contributed by atoms with van der Waals surface area (Å²) in [5.74, 6) is 0.940. The van der Waals surface area contributed by atoms with Gasteiger partial charge in [-0.3, -0.25) is 4.79 Å². The third kappa shape index (κ3) is 5.36. The molecular weight excluding hydrogens is 385 g/mol. The number of aryl methyl sites for hydroxylation is 1. The quantitative estimate of drug-likeness (QED) is 0.788. The zero-order valence-electron chi connectivity index (χ0n) is 13.4. The van der Waals surface area contributed by atoms with Crippen LogP contribution in [0.2, 0.25) is 0 Å². The maximum absolute atomic E-state index is 12.7. The molecule has 1 aliphatic heterocycles. The van der Waals surface area contributed by atoms with Gasteiger partial charge in [-0.1, -0.05) is 12.1 Å². The Morgan fingerprint density at radius 2 is 2.00 bits per heavy atom. The Labute approximate surface area is 163 Å². The second-order valence-corrected chi connectivity index (χ2v) is 7.26. The fourth-order valence-electron chi connectivity index (χ4n) is 2.43. The molecule has 2 heterocycles. The highest BCUT2D eigenvalue weighted by Crippen LogP contribution is 2.27. The lowest BCUT2D eigenvalue weighted by atomic mass is 10.2. The minimum absolute atomic E-state index is 0. The van der Waals surface area contributed by atoms with E-state index in [-0.39, 0.29) is 30.7 Å². The van der Waals surface area contributed by atoms with Crippen molar-refractivity contribution in [1.29, 1.82) is 0 Å². The molecule has 0 radical (unpaired) electrons. The molecule has 0 aliphatic carbocycles. The van der Waals surface area contributed by atoms with Gasteiger partial charge in [0.1, 0.15) is 0 Å². The number of nitrogens with zero attached hydrogens (tertiary/aromatic N) is 2. The number of carbonyl (C=O) groups excluding carboxylic acids is 1. The molecule has 0 saturated carbocycles. The van der Waals surface area contributed by atoms with Crippen LogP contribution in [0.3, 0.4) is 0 Å². The number of thiazole rings is 1. The van der Waals surface area contributed by atoms with Crippen molar-refractivity contribution >= 4 is 53.8 Å². The number of hydrogen-bond donors (Lipinski definition) is 1. The summed E-state index contributed by atoms with van der Waals surface area (Å²) in [5.41, 5.74) is 1.89. The van der Waals surface area contributed by atoms with E-state index in [1.54, 1.807) is 23.1 Å². The second kappa shape index (κ2) is 10.3. The van der Waals surface area contributed by atoms with E-state index < -0.39 is 0 Å². The first-order chi connectivity index (χ1) is 10.7. The van der Waals surface area contributed by atoms with Crippen LogP contribution >= 0.6 is 47.9 Å². The Morgan fingerprint density at radius 1 is 1.29 bits per heavy atom. The van der Waals surface area contributed by atoms with Gasteiger partial charge in [-0.25, -0.2) is 4.98 Å². The average Bonchev–Trinajstić information content (AvgIpc) is 2.99. The fraction of sp³-hybridized carbons (Fsp3) is 0.375. The Balaban J connectivity index is 0.00000144. The van der Waals surface area contributed by atoms with E-state index in [0.29, 0.717) is 0 Å². The largest absolute Gasteiger partial charge is 0.336 e. The van der Waals surface area contributed by atoms with Crippen molar-refractivity contribution in [2.45, 2.75) is 17.6 Å². The first-order valence-corrected chi connectivity index (χ1v) is 9.23. The van der Waals surface area contributed by atoms with E-state index in [0.717, 1.165) is 53.1 Å². The molecule has 3 rings (SSSR count). The molecule has 1 aliphatic rings. The van der Waals surface area contributed by atoms with E-state index in [9.17, 15) is 4.79 Å². The molecule has 2 aromatic rings. The van der Waals surface area contributed by atoms with Crippen molar-refractivity contribution in [2.75, 3.05) is 26.2 Å². The molecule has 1 aromatic carbocycles.